The van der Waals surface area contributed by atoms with Crippen LogP contribution in [0.5, 0.6) is 0 Å². The highest BCUT2D eigenvalue weighted by Crippen LogP contribution is 2.25. The van der Waals surface area contributed by atoms with Crippen LogP contribution in [0.15, 0.2) is 22.9 Å². The summed E-state index contributed by atoms with van der Waals surface area (Å²) < 4.78 is 7.15. The van der Waals surface area contributed by atoms with E-state index in [0.717, 1.165) is 0 Å². The molecule has 0 radical (unpaired) electrons. The Kier molecular flexibility index (Phi) is 4.11. The molecule has 2 aromatic rings. The van der Waals surface area contributed by atoms with Gasteiger partial charge in [-0.25, -0.2) is 4.68 Å². The van der Waals surface area contributed by atoms with Crippen molar-refractivity contribution in [3.8, 4) is 5.95 Å². The van der Waals surface area contributed by atoms with E-state index < -0.39 is 0 Å². The van der Waals surface area contributed by atoms with Crippen LogP contribution in [0.3, 0.4) is 0 Å². The lowest BCUT2D eigenvalue weighted by molar-refractivity contribution is 0.210. The highest BCUT2D eigenvalue weighted by molar-refractivity contribution is 9.10. The summed E-state index contributed by atoms with van der Waals surface area (Å²) in [7, 11) is 1.64. The molecule has 0 aliphatic carbocycles. The average Bonchev–Trinajstić information content (AvgIpc) is 2.88. The highest BCUT2D eigenvalue weighted by atomic mass is 79.9. The van der Waals surface area contributed by atoms with Crippen molar-refractivity contribution in [1.29, 1.82) is 0 Å². The Morgan fingerprint density at radius 2 is 2.33 bits per heavy atom. The Hall–Kier alpha value is -1.67. The molecule has 2 rings (SSSR count). The van der Waals surface area contributed by atoms with Gasteiger partial charge in [-0.15, -0.1) is 0 Å². The van der Waals surface area contributed by atoms with Gasteiger partial charge in [0.15, 0.2) is 0 Å². The zero-order valence-corrected chi connectivity index (χ0v) is 11.4. The van der Waals surface area contributed by atoms with Crippen molar-refractivity contribution in [2.24, 2.45) is 0 Å². The number of nitrogen functional groups attached to an aromatic ring is 1. The van der Waals surface area contributed by atoms with Gasteiger partial charge < -0.3 is 15.8 Å². The van der Waals surface area contributed by atoms with Crippen molar-refractivity contribution in [3.63, 3.8) is 0 Å². The van der Waals surface area contributed by atoms with E-state index in [-0.39, 0.29) is 0 Å². The van der Waals surface area contributed by atoms with E-state index in [4.69, 9.17) is 10.5 Å². The van der Waals surface area contributed by atoms with Crippen molar-refractivity contribution >= 4 is 27.6 Å². The molecule has 96 valence electrons. The van der Waals surface area contributed by atoms with Gasteiger partial charge in [0, 0.05) is 26.0 Å². The van der Waals surface area contributed by atoms with E-state index in [1.165, 1.54) is 0 Å². The van der Waals surface area contributed by atoms with E-state index in [1.54, 1.807) is 30.3 Å². The first-order valence-electron chi connectivity index (χ1n) is 5.28. The second kappa shape index (κ2) is 5.78. The van der Waals surface area contributed by atoms with E-state index in [2.05, 4.69) is 36.3 Å². The first kappa shape index (κ1) is 12.8. The van der Waals surface area contributed by atoms with Gasteiger partial charge in [-0.3, -0.25) is 0 Å². The third-order valence-electron chi connectivity index (χ3n) is 2.17. The molecule has 7 nitrogen and oxygen atoms in total. The Morgan fingerprint density at radius 1 is 1.50 bits per heavy atom. The van der Waals surface area contributed by atoms with Crippen molar-refractivity contribution in [1.82, 2.24) is 19.7 Å². The molecule has 0 aromatic carbocycles. The van der Waals surface area contributed by atoms with Gasteiger partial charge in [0.05, 0.1) is 6.61 Å². The molecule has 2 heterocycles. The lowest BCUT2D eigenvalue weighted by Crippen LogP contribution is -2.13. The molecule has 0 aliphatic heterocycles. The summed E-state index contributed by atoms with van der Waals surface area (Å²) in [5.41, 5.74) is 5.82. The summed E-state index contributed by atoms with van der Waals surface area (Å²) in [4.78, 5) is 8.50. The minimum Gasteiger partial charge on any atom is -0.383 e. The molecule has 0 saturated carbocycles. The van der Waals surface area contributed by atoms with Gasteiger partial charge in [-0.05, 0) is 22.0 Å². The van der Waals surface area contributed by atoms with Crippen LogP contribution in [0.4, 0.5) is 11.6 Å². The Morgan fingerprint density at radius 3 is 3.00 bits per heavy atom. The summed E-state index contributed by atoms with van der Waals surface area (Å²) in [6, 6.07) is 1.79. The largest absolute Gasteiger partial charge is 0.383 e. The number of nitrogens with one attached hydrogen (secondary N) is 1. The number of nitrogens with two attached hydrogens (primary N) is 1. The number of rotatable bonds is 5. The van der Waals surface area contributed by atoms with Gasteiger partial charge in [0.1, 0.15) is 16.1 Å². The highest BCUT2D eigenvalue weighted by Gasteiger charge is 2.11. The lowest BCUT2D eigenvalue weighted by atomic mass is 10.5. The van der Waals surface area contributed by atoms with Gasteiger partial charge in [0.25, 0.3) is 5.95 Å². The molecule has 0 amide bonds. The molecule has 0 saturated heterocycles. The van der Waals surface area contributed by atoms with E-state index in [9.17, 15) is 0 Å². The zero-order chi connectivity index (χ0) is 13.0. The third-order valence-corrected chi connectivity index (χ3v) is 2.95. The second-order valence-electron chi connectivity index (χ2n) is 3.44. The van der Waals surface area contributed by atoms with Crippen LogP contribution in [0.1, 0.15) is 0 Å². The van der Waals surface area contributed by atoms with Crippen LogP contribution in [-0.4, -0.2) is 40.0 Å². The normalized spacial score (nSPS) is 10.6. The first-order valence-corrected chi connectivity index (χ1v) is 6.07. The maximum Gasteiger partial charge on any atom is 0.254 e. The topological polar surface area (TPSA) is 90.9 Å². The maximum atomic E-state index is 5.82. The minimum absolute atomic E-state index is 0.357. The third kappa shape index (κ3) is 2.77. The number of halogens is 1. The monoisotopic (exact) mass is 312 g/mol. The van der Waals surface area contributed by atoms with E-state index in [1.807, 2.05) is 0 Å². The number of methoxy groups -OCH3 is 1. The maximum absolute atomic E-state index is 5.82. The quantitative estimate of drug-likeness (QED) is 0.802. The summed E-state index contributed by atoms with van der Waals surface area (Å²) in [6.07, 6.45) is 3.40. The molecule has 0 aliphatic rings. The Labute approximate surface area is 113 Å². The van der Waals surface area contributed by atoms with Crippen molar-refractivity contribution < 1.29 is 4.74 Å². The molecule has 3 N–H and O–H groups in total. The molecule has 0 atom stereocenters. The average molecular weight is 313 g/mol. The smallest absolute Gasteiger partial charge is 0.254 e. The predicted octanol–water partition coefficient (Wildman–Crippen LogP) is 1.07. The number of hydrogen-bond donors (Lipinski definition) is 2. The summed E-state index contributed by atoms with van der Waals surface area (Å²) in [5.74, 6) is 1.39. The number of nitrogens with zero attached hydrogens (tertiary/aromatic N) is 4. The molecule has 0 unspecified atom stereocenters. The molecule has 0 fully saturated rings. The Bertz CT molecular complexity index is 515. The van der Waals surface area contributed by atoms with Crippen LogP contribution in [0.2, 0.25) is 0 Å². The van der Waals surface area contributed by atoms with Crippen LogP contribution in [0.25, 0.3) is 5.95 Å². The van der Waals surface area contributed by atoms with Crippen LogP contribution < -0.4 is 11.1 Å². The molecule has 2 aromatic heterocycles. The fraction of sp³-hybridized carbons (Fsp3) is 0.300. The van der Waals surface area contributed by atoms with Gasteiger partial charge >= 0.3 is 0 Å². The second-order valence-corrected chi connectivity index (χ2v) is 4.23. The molecule has 18 heavy (non-hydrogen) atoms. The number of hydrogen-bond acceptors (Lipinski definition) is 6. The van der Waals surface area contributed by atoms with Crippen molar-refractivity contribution in [3.05, 3.63) is 22.9 Å². The summed E-state index contributed by atoms with van der Waals surface area (Å²) in [5, 5.41) is 7.18. The lowest BCUT2D eigenvalue weighted by Gasteiger charge is -2.10. The van der Waals surface area contributed by atoms with Gasteiger partial charge in [0.2, 0.25) is 0 Å². The van der Waals surface area contributed by atoms with Crippen LogP contribution >= 0.6 is 15.9 Å². The predicted molar refractivity (Wildman–Crippen MR) is 71.6 cm³/mol. The van der Waals surface area contributed by atoms with Crippen LogP contribution in [0, 0.1) is 0 Å². The first-order chi connectivity index (χ1) is 8.72. The standard InChI is InChI=1S/C10H13BrN6O/c1-18-6-4-13-9-7(11)8(12)15-10(16-9)17-5-2-3-14-17/h2-3,5H,4,6H2,1H3,(H3,12,13,15,16). The number of ether oxygens (including phenoxy) is 1. The molecule has 8 heteroatoms. The molecular weight excluding hydrogens is 300 g/mol. The Balaban J connectivity index is 2.28. The SMILES string of the molecule is COCCNc1nc(-n2cccn2)nc(N)c1Br. The van der Waals surface area contributed by atoms with E-state index in [0.29, 0.717) is 35.2 Å². The fourth-order valence-electron chi connectivity index (χ4n) is 1.33. The van der Waals surface area contributed by atoms with Crippen LogP contribution in [-0.2, 0) is 4.74 Å². The van der Waals surface area contributed by atoms with Crippen molar-refractivity contribution in [2.45, 2.75) is 0 Å². The van der Waals surface area contributed by atoms with Gasteiger partial charge in [-0.1, -0.05) is 0 Å². The van der Waals surface area contributed by atoms with Crippen molar-refractivity contribution in [2.75, 3.05) is 31.3 Å². The summed E-state index contributed by atoms with van der Waals surface area (Å²) in [6.45, 7) is 1.21. The number of anilines is 2. The van der Waals surface area contributed by atoms with Gasteiger partial charge in [-0.2, -0.15) is 15.1 Å². The minimum atomic E-state index is 0.357. The molecular formula is C10H13BrN6O. The molecule has 0 bridgehead atoms. The number of aromatic nitrogens is 4. The fourth-order valence-corrected chi connectivity index (χ4v) is 1.65. The zero-order valence-electron chi connectivity index (χ0n) is 9.80. The summed E-state index contributed by atoms with van der Waals surface area (Å²) >= 11 is 3.35. The van der Waals surface area contributed by atoms with E-state index >= 15 is 0 Å². The molecule has 0 spiro atoms.